The van der Waals surface area contributed by atoms with Crippen molar-refractivity contribution in [1.29, 1.82) is 0 Å². The number of nitrogens with one attached hydrogen (secondary N) is 2. The number of carbonyl (C=O) groups is 2. The van der Waals surface area contributed by atoms with Gasteiger partial charge in [0.15, 0.2) is 0 Å². The standard InChI is InChI=1S/C27H25FN4O3/c1-16(2)32(15-24-29-22-11-7-5-9-20(22)26(34)31-24)27(35)18-13-12-17(3)23(14-18)30-25(33)19-8-4-6-10-21(19)28/h4-14,16H,15H2,1-3H3,(H,30,33)(H,29,31,34). The number of benzene rings is 3. The van der Waals surface area contributed by atoms with Gasteiger partial charge in [-0.15, -0.1) is 0 Å². The molecule has 0 bridgehead atoms. The first kappa shape index (κ1) is 23.8. The van der Waals surface area contributed by atoms with Gasteiger partial charge >= 0.3 is 0 Å². The molecule has 178 valence electrons. The van der Waals surface area contributed by atoms with Crippen LogP contribution in [0.4, 0.5) is 10.1 Å². The zero-order chi connectivity index (χ0) is 25.1. The lowest BCUT2D eigenvalue weighted by Gasteiger charge is -2.26. The molecule has 0 fully saturated rings. The van der Waals surface area contributed by atoms with E-state index in [2.05, 4.69) is 15.3 Å². The van der Waals surface area contributed by atoms with Gasteiger partial charge in [0.1, 0.15) is 11.6 Å². The quantitative estimate of drug-likeness (QED) is 0.426. The fraction of sp³-hybridized carbons (Fsp3) is 0.185. The van der Waals surface area contributed by atoms with Crippen LogP contribution in [0.1, 0.15) is 46.0 Å². The van der Waals surface area contributed by atoms with Gasteiger partial charge in [-0.05, 0) is 62.7 Å². The first-order valence-corrected chi connectivity index (χ1v) is 11.2. The van der Waals surface area contributed by atoms with Gasteiger partial charge in [0, 0.05) is 17.3 Å². The molecule has 8 heteroatoms. The number of anilines is 1. The van der Waals surface area contributed by atoms with Crippen LogP contribution in [0.25, 0.3) is 10.9 Å². The highest BCUT2D eigenvalue weighted by molar-refractivity contribution is 6.05. The van der Waals surface area contributed by atoms with Gasteiger partial charge in [0.25, 0.3) is 17.4 Å². The zero-order valence-electron chi connectivity index (χ0n) is 19.6. The molecule has 2 N–H and O–H groups in total. The first-order chi connectivity index (χ1) is 16.7. The molecule has 0 atom stereocenters. The molecule has 35 heavy (non-hydrogen) atoms. The van der Waals surface area contributed by atoms with Crippen LogP contribution in [0.15, 0.2) is 71.5 Å². The van der Waals surface area contributed by atoms with E-state index in [1.165, 1.54) is 18.2 Å². The summed E-state index contributed by atoms with van der Waals surface area (Å²) < 4.78 is 14.0. The zero-order valence-corrected chi connectivity index (χ0v) is 19.6. The van der Waals surface area contributed by atoms with Crippen LogP contribution in [0.5, 0.6) is 0 Å². The number of fused-ring (bicyclic) bond motifs is 1. The minimum Gasteiger partial charge on any atom is -0.329 e. The van der Waals surface area contributed by atoms with Crippen LogP contribution in [-0.4, -0.2) is 32.7 Å². The van der Waals surface area contributed by atoms with E-state index >= 15 is 0 Å². The van der Waals surface area contributed by atoms with Gasteiger partial charge in [-0.25, -0.2) is 9.37 Å². The number of carbonyl (C=O) groups excluding carboxylic acids is 2. The van der Waals surface area contributed by atoms with Gasteiger partial charge < -0.3 is 15.2 Å². The van der Waals surface area contributed by atoms with Crippen molar-refractivity contribution in [1.82, 2.24) is 14.9 Å². The summed E-state index contributed by atoms with van der Waals surface area (Å²) in [6.45, 7) is 5.62. The third kappa shape index (κ3) is 5.11. The number of amides is 2. The maximum absolute atomic E-state index is 14.0. The lowest BCUT2D eigenvalue weighted by atomic mass is 10.1. The Morgan fingerprint density at radius 2 is 1.77 bits per heavy atom. The number of aryl methyl sites for hydroxylation is 1. The van der Waals surface area contributed by atoms with Gasteiger partial charge in [-0.3, -0.25) is 14.4 Å². The van der Waals surface area contributed by atoms with E-state index in [1.807, 2.05) is 13.8 Å². The number of hydrogen-bond donors (Lipinski definition) is 2. The fourth-order valence-electron chi connectivity index (χ4n) is 3.75. The molecular weight excluding hydrogens is 447 g/mol. The Labute approximate surface area is 201 Å². The topological polar surface area (TPSA) is 95.2 Å². The molecule has 3 aromatic carbocycles. The lowest BCUT2D eigenvalue weighted by Crippen LogP contribution is -2.37. The number of aromatic amines is 1. The third-order valence-electron chi connectivity index (χ3n) is 5.72. The highest BCUT2D eigenvalue weighted by atomic mass is 19.1. The van der Waals surface area contributed by atoms with E-state index in [4.69, 9.17) is 0 Å². The van der Waals surface area contributed by atoms with E-state index < -0.39 is 11.7 Å². The predicted octanol–water partition coefficient (Wildman–Crippen LogP) is 4.67. The summed E-state index contributed by atoms with van der Waals surface area (Å²) in [5.41, 5.74) is 1.68. The Kier molecular flexibility index (Phi) is 6.73. The SMILES string of the molecule is Cc1ccc(C(=O)N(Cc2nc3ccccc3c(=O)[nH]2)C(C)C)cc1NC(=O)c1ccccc1F. The second-order valence-electron chi connectivity index (χ2n) is 8.52. The number of rotatable bonds is 6. The van der Waals surface area contributed by atoms with E-state index in [0.717, 1.165) is 5.56 Å². The van der Waals surface area contributed by atoms with E-state index in [0.29, 0.717) is 28.0 Å². The highest BCUT2D eigenvalue weighted by Crippen LogP contribution is 2.21. The second kappa shape index (κ2) is 9.89. The molecular formula is C27H25FN4O3. The molecule has 1 aromatic heterocycles. The molecule has 1 heterocycles. The number of nitrogens with zero attached hydrogens (tertiary/aromatic N) is 2. The van der Waals surface area contributed by atoms with Crippen molar-refractivity contribution in [3.63, 3.8) is 0 Å². The molecule has 0 aliphatic rings. The number of H-pyrrole nitrogens is 1. The molecule has 0 radical (unpaired) electrons. The molecule has 0 saturated carbocycles. The third-order valence-corrected chi connectivity index (χ3v) is 5.72. The van der Waals surface area contributed by atoms with E-state index in [-0.39, 0.29) is 29.6 Å². The summed E-state index contributed by atoms with van der Waals surface area (Å²) in [7, 11) is 0. The summed E-state index contributed by atoms with van der Waals surface area (Å²) in [5.74, 6) is -1.15. The van der Waals surface area contributed by atoms with Gasteiger partial charge in [0.05, 0.1) is 23.0 Å². The van der Waals surface area contributed by atoms with Crippen molar-refractivity contribution in [2.24, 2.45) is 0 Å². The maximum Gasteiger partial charge on any atom is 0.258 e. The molecule has 0 aliphatic heterocycles. The Hall–Kier alpha value is -4.33. The van der Waals surface area contributed by atoms with E-state index in [1.54, 1.807) is 60.4 Å². The highest BCUT2D eigenvalue weighted by Gasteiger charge is 2.22. The minimum absolute atomic E-state index is 0.0845. The first-order valence-electron chi connectivity index (χ1n) is 11.2. The number of para-hydroxylation sites is 1. The summed E-state index contributed by atoms with van der Waals surface area (Å²) in [4.78, 5) is 47.3. The molecule has 0 spiro atoms. The molecule has 0 aliphatic carbocycles. The average molecular weight is 473 g/mol. The van der Waals surface area contributed by atoms with Crippen LogP contribution in [-0.2, 0) is 6.54 Å². The van der Waals surface area contributed by atoms with Crippen molar-refractivity contribution < 1.29 is 14.0 Å². The van der Waals surface area contributed by atoms with Crippen molar-refractivity contribution >= 4 is 28.4 Å². The number of hydrogen-bond acceptors (Lipinski definition) is 4. The summed E-state index contributed by atoms with van der Waals surface area (Å²) in [6.07, 6.45) is 0. The Bertz CT molecular complexity index is 1480. The molecule has 0 saturated heterocycles. The summed E-state index contributed by atoms with van der Waals surface area (Å²) >= 11 is 0. The number of aromatic nitrogens is 2. The lowest BCUT2D eigenvalue weighted by molar-refractivity contribution is 0.0684. The predicted molar refractivity (Wildman–Crippen MR) is 133 cm³/mol. The van der Waals surface area contributed by atoms with Crippen LogP contribution >= 0.6 is 0 Å². The van der Waals surface area contributed by atoms with Crippen LogP contribution in [0, 0.1) is 12.7 Å². The van der Waals surface area contributed by atoms with Crippen LogP contribution in [0.2, 0.25) is 0 Å². The molecule has 0 unspecified atom stereocenters. The monoisotopic (exact) mass is 472 g/mol. The molecule has 2 amide bonds. The van der Waals surface area contributed by atoms with Gasteiger partial charge in [-0.1, -0.05) is 30.3 Å². The summed E-state index contributed by atoms with van der Waals surface area (Å²) in [5, 5.41) is 3.18. The van der Waals surface area contributed by atoms with Crippen molar-refractivity contribution in [3.8, 4) is 0 Å². The van der Waals surface area contributed by atoms with Crippen LogP contribution in [0.3, 0.4) is 0 Å². The fourth-order valence-corrected chi connectivity index (χ4v) is 3.75. The number of halogens is 1. The molecule has 4 aromatic rings. The smallest absolute Gasteiger partial charge is 0.258 e. The van der Waals surface area contributed by atoms with Crippen molar-refractivity contribution in [3.05, 3.63) is 105 Å². The van der Waals surface area contributed by atoms with Gasteiger partial charge in [-0.2, -0.15) is 0 Å². The van der Waals surface area contributed by atoms with Crippen molar-refractivity contribution in [2.75, 3.05) is 5.32 Å². The van der Waals surface area contributed by atoms with E-state index in [9.17, 15) is 18.8 Å². The minimum atomic E-state index is -0.627. The van der Waals surface area contributed by atoms with Gasteiger partial charge in [0.2, 0.25) is 0 Å². The maximum atomic E-state index is 14.0. The Morgan fingerprint density at radius 1 is 1.06 bits per heavy atom. The average Bonchev–Trinajstić information content (AvgIpc) is 2.83. The molecule has 4 rings (SSSR count). The molecule has 7 nitrogen and oxygen atoms in total. The Morgan fingerprint density at radius 3 is 2.51 bits per heavy atom. The van der Waals surface area contributed by atoms with Crippen molar-refractivity contribution in [2.45, 2.75) is 33.4 Å². The Balaban J connectivity index is 1.61. The summed E-state index contributed by atoms with van der Waals surface area (Å²) in [6, 6.07) is 17.5. The second-order valence-corrected chi connectivity index (χ2v) is 8.52. The normalized spacial score (nSPS) is 11.0. The largest absolute Gasteiger partial charge is 0.329 e. The van der Waals surface area contributed by atoms with Crippen LogP contribution < -0.4 is 10.9 Å².